The summed E-state index contributed by atoms with van der Waals surface area (Å²) in [5, 5.41) is 6.79. The predicted molar refractivity (Wildman–Crippen MR) is 108 cm³/mol. The molecular weight excluding hydrogens is 433 g/mol. The zero-order valence-electron chi connectivity index (χ0n) is 14.2. The molecule has 136 valence electrons. The van der Waals surface area contributed by atoms with Gasteiger partial charge in [0.1, 0.15) is 18.1 Å². The van der Waals surface area contributed by atoms with Crippen LogP contribution in [0.1, 0.15) is 23.8 Å². The number of hydrogen-bond donors (Lipinski definition) is 2. The number of hydrogen-bond acceptors (Lipinski definition) is 4. The number of para-hydroxylation sites is 1. The minimum absolute atomic E-state index is 0. The van der Waals surface area contributed by atoms with Crippen molar-refractivity contribution < 1.29 is 13.9 Å². The summed E-state index contributed by atoms with van der Waals surface area (Å²) in [6, 6.07) is 12.1. The van der Waals surface area contributed by atoms with Gasteiger partial charge in [0.2, 0.25) is 0 Å². The first kappa shape index (κ1) is 19.6. The van der Waals surface area contributed by atoms with Gasteiger partial charge in [-0.2, -0.15) is 0 Å². The van der Waals surface area contributed by atoms with Crippen LogP contribution in [0.25, 0.3) is 0 Å². The zero-order chi connectivity index (χ0) is 16.6. The fraction of sp³-hybridized carbons (Fsp3) is 0.389. The lowest BCUT2D eigenvalue weighted by molar-refractivity contribution is 0.203. The van der Waals surface area contributed by atoms with Gasteiger partial charge in [0, 0.05) is 25.6 Å². The van der Waals surface area contributed by atoms with E-state index in [9.17, 15) is 0 Å². The second-order valence-electron chi connectivity index (χ2n) is 5.54. The summed E-state index contributed by atoms with van der Waals surface area (Å²) >= 11 is 0. The molecule has 25 heavy (non-hydrogen) atoms. The Morgan fingerprint density at radius 2 is 2.16 bits per heavy atom. The molecule has 1 aliphatic heterocycles. The number of guanidine groups is 1. The summed E-state index contributed by atoms with van der Waals surface area (Å²) in [5.74, 6) is 2.50. The molecule has 0 saturated carbocycles. The SMILES string of the molecule is COCCNC(=NCc1ccco1)NC1CCOc2ccccc21.I. The molecule has 0 spiro atoms. The van der Waals surface area contributed by atoms with Crippen LogP contribution in [0.5, 0.6) is 5.75 Å². The fourth-order valence-electron chi connectivity index (χ4n) is 2.64. The van der Waals surface area contributed by atoms with E-state index in [2.05, 4.69) is 21.7 Å². The van der Waals surface area contributed by atoms with Crippen LogP contribution in [-0.2, 0) is 11.3 Å². The van der Waals surface area contributed by atoms with Crippen LogP contribution in [0.3, 0.4) is 0 Å². The highest BCUT2D eigenvalue weighted by Gasteiger charge is 2.21. The molecular formula is C18H24IN3O3. The number of halogens is 1. The quantitative estimate of drug-likeness (QED) is 0.302. The molecule has 2 aromatic rings. The molecule has 0 fully saturated rings. The van der Waals surface area contributed by atoms with Crippen LogP contribution >= 0.6 is 24.0 Å². The van der Waals surface area contributed by atoms with Crippen molar-refractivity contribution in [3.8, 4) is 5.75 Å². The summed E-state index contributed by atoms with van der Waals surface area (Å²) in [6.07, 6.45) is 2.55. The molecule has 0 saturated heterocycles. The van der Waals surface area contributed by atoms with Crippen molar-refractivity contribution in [2.45, 2.75) is 19.0 Å². The number of nitrogens with zero attached hydrogens (tertiary/aromatic N) is 1. The van der Waals surface area contributed by atoms with Gasteiger partial charge in [0.05, 0.1) is 25.5 Å². The van der Waals surface area contributed by atoms with Crippen LogP contribution in [0.4, 0.5) is 0 Å². The van der Waals surface area contributed by atoms with E-state index in [0.29, 0.717) is 26.3 Å². The largest absolute Gasteiger partial charge is 0.493 e. The second-order valence-corrected chi connectivity index (χ2v) is 5.54. The van der Waals surface area contributed by atoms with Crippen LogP contribution in [0.2, 0.25) is 0 Å². The lowest BCUT2D eigenvalue weighted by atomic mass is 10.0. The van der Waals surface area contributed by atoms with Gasteiger partial charge in [-0.25, -0.2) is 4.99 Å². The normalized spacial score (nSPS) is 16.4. The lowest BCUT2D eigenvalue weighted by Crippen LogP contribution is -2.42. The first-order chi connectivity index (χ1) is 11.9. The van der Waals surface area contributed by atoms with E-state index in [1.165, 1.54) is 0 Å². The Bertz CT molecular complexity index is 661. The Hall–Kier alpha value is -1.74. The fourth-order valence-corrected chi connectivity index (χ4v) is 2.64. The molecule has 6 nitrogen and oxygen atoms in total. The van der Waals surface area contributed by atoms with Crippen LogP contribution in [0.15, 0.2) is 52.1 Å². The van der Waals surface area contributed by atoms with Gasteiger partial charge < -0.3 is 24.5 Å². The topological polar surface area (TPSA) is 68.0 Å². The van der Waals surface area contributed by atoms with Crippen molar-refractivity contribution in [1.82, 2.24) is 10.6 Å². The van der Waals surface area contributed by atoms with E-state index in [0.717, 1.165) is 29.5 Å². The number of benzene rings is 1. The molecule has 1 aromatic heterocycles. The minimum atomic E-state index is 0. The summed E-state index contributed by atoms with van der Waals surface area (Å²) in [5.41, 5.74) is 1.16. The van der Waals surface area contributed by atoms with E-state index in [1.807, 2.05) is 30.3 Å². The number of aliphatic imine (C=N–C) groups is 1. The minimum Gasteiger partial charge on any atom is -0.493 e. The number of fused-ring (bicyclic) bond motifs is 1. The molecule has 0 amide bonds. The molecule has 2 N–H and O–H groups in total. The average Bonchev–Trinajstić information content (AvgIpc) is 3.13. The molecule has 7 heteroatoms. The van der Waals surface area contributed by atoms with Crippen molar-refractivity contribution in [3.05, 3.63) is 54.0 Å². The van der Waals surface area contributed by atoms with Crippen LogP contribution in [0, 0.1) is 0 Å². The van der Waals surface area contributed by atoms with Crippen molar-refractivity contribution in [2.75, 3.05) is 26.9 Å². The number of rotatable bonds is 6. The Morgan fingerprint density at radius 3 is 2.96 bits per heavy atom. The molecule has 1 atom stereocenters. The maximum Gasteiger partial charge on any atom is 0.192 e. The molecule has 3 rings (SSSR count). The molecule has 1 unspecified atom stereocenters. The van der Waals surface area contributed by atoms with E-state index >= 15 is 0 Å². The third kappa shape index (κ3) is 5.64. The van der Waals surface area contributed by atoms with Crippen molar-refractivity contribution in [2.24, 2.45) is 4.99 Å². The first-order valence-electron chi connectivity index (χ1n) is 8.14. The van der Waals surface area contributed by atoms with Gasteiger partial charge >= 0.3 is 0 Å². The predicted octanol–water partition coefficient (Wildman–Crippen LogP) is 3.10. The summed E-state index contributed by atoms with van der Waals surface area (Å²) < 4.78 is 16.2. The Kier molecular flexibility index (Phi) is 8.07. The van der Waals surface area contributed by atoms with Gasteiger partial charge in [0.15, 0.2) is 5.96 Å². The van der Waals surface area contributed by atoms with Gasteiger partial charge in [-0.05, 0) is 18.2 Å². The first-order valence-corrected chi connectivity index (χ1v) is 8.14. The third-order valence-corrected chi connectivity index (χ3v) is 3.84. The van der Waals surface area contributed by atoms with Crippen LogP contribution < -0.4 is 15.4 Å². The molecule has 0 bridgehead atoms. The highest BCUT2D eigenvalue weighted by molar-refractivity contribution is 14.0. The molecule has 1 aromatic carbocycles. The second kappa shape index (κ2) is 10.3. The van der Waals surface area contributed by atoms with Crippen LogP contribution in [-0.4, -0.2) is 32.8 Å². The smallest absolute Gasteiger partial charge is 0.192 e. The molecule has 0 aliphatic carbocycles. The van der Waals surface area contributed by atoms with E-state index in [1.54, 1.807) is 13.4 Å². The highest BCUT2D eigenvalue weighted by atomic mass is 127. The third-order valence-electron chi connectivity index (χ3n) is 3.84. The lowest BCUT2D eigenvalue weighted by Gasteiger charge is -2.28. The standard InChI is InChI=1S/C18H23N3O3.HI/c1-22-12-9-19-18(20-13-14-5-4-10-23-14)21-16-8-11-24-17-7-3-2-6-15(16)17;/h2-7,10,16H,8-9,11-13H2,1H3,(H2,19,20,21);1H. The Balaban J connectivity index is 0.00000225. The van der Waals surface area contributed by atoms with Gasteiger partial charge in [-0.1, -0.05) is 18.2 Å². The summed E-state index contributed by atoms with van der Waals surface area (Å²) in [4.78, 5) is 4.61. The zero-order valence-corrected chi connectivity index (χ0v) is 16.6. The van der Waals surface area contributed by atoms with Gasteiger partial charge in [-0.3, -0.25) is 0 Å². The number of ether oxygens (including phenoxy) is 2. The monoisotopic (exact) mass is 457 g/mol. The molecule has 0 radical (unpaired) electrons. The Morgan fingerprint density at radius 1 is 1.28 bits per heavy atom. The van der Waals surface area contributed by atoms with Crippen molar-refractivity contribution >= 4 is 29.9 Å². The molecule has 1 aliphatic rings. The summed E-state index contributed by atoms with van der Waals surface area (Å²) in [7, 11) is 1.68. The van der Waals surface area contributed by atoms with E-state index in [4.69, 9.17) is 13.9 Å². The maximum atomic E-state index is 5.72. The average molecular weight is 457 g/mol. The van der Waals surface area contributed by atoms with Gasteiger partial charge in [0.25, 0.3) is 0 Å². The van der Waals surface area contributed by atoms with E-state index < -0.39 is 0 Å². The Labute approximate surface area is 165 Å². The van der Waals surface area contributed by atoms with Crippen molar-refractivity contribution in [3.63, 3.8) is 0 Å². The number of methoxy groups -OCH3 is 1. The van der Waals surface area contributed by atoms with Gasteiger partial charge in [-0.15, -0.1) is 24.0 Å². The molecule has 2 heterocycles. The van der Waals surface area contributed by atoms with E-state index in [-0.39, 0.29) is 30.0 Å². The van der Waals surface area contributed by atoms with Crippen molar-refractivity contribution in [1.29, 1.82) is 0 Å². The number of nitrogens with one attached hydrogen (secondary N) is 2. The number of furan rings is 1. The highest BCUT2D eigenvalue weighted by Crippen LogP contribution is 2.31. The summed E-state index contributed by atoms with van der Waals surface area (Å²) in [6.45, 7) is 2.48. The maximum absolute atomic E-state index is 5.72.